The van der Waals surface area contributed by atoms with E-state index in [9.17, 15) is 4.89 Å². The van der Waals surface area contributed by atoms with Crippen molar-refractivity contribution in [1.82, 2.24) is 0 Å². The average molecular weight is 256 g/mol. The van der Waals surface area contributed by atoms with Crippen LogP contribution in [0.25, 0.3) is 0 Å². The molecule has 0 fully saturated rings. The predicted molar refractivity (Wildman–Crippen MR) is 64.2 cm³/mol. The zero-order valence-corrected chi connectivity index (χ0v) is 11.1. The Balaban J connectivity index is 3.45. The lowest BCUT2D eigenvalue weighted by Crippen LogP contribution is -2.03. The molecular weight excluding hydrogens is 235 g/mol. The van der Waals surface area contributed by atoms with Crippen molar-refractivity contribution >= 4 is 18.5 Å². The van der Waals surface area contributed by atoms with E-state index >= 15 is 0 Å². The Morgan fingerprint density at radius 1 is 1.20 bits per heavy atom. The van der Waals surface area contributed by atoms with Crippen LogP contribution in [0.2, 0.25) is 0 Å². The van der Waals surface area contributed by atoms with Gasteiger partial charge in [-0.05, 0) is 38.5 Å². The first kappa shape index (κ1) is 15.5. The summed E-state index contributed by atoms with van der Waals surface area (Å²) >= 11 is 4.80. The topological polar surface area (TPSA) is 58.9 Å². The van der Waals surface area contributed by atoms with Crippen LogP contribution in [-0.2, 0) is 20.9 Å². The zero-order valence-electron chi connectivity index (χ0n) is 9.39. The van der Waals surface area contributed by atoms with E-state index in [0.717, 1.165) is 25.7 Å². The van der Waals surface area contributed by atoms with Gasteiger partial charge < -0.3 is 19.0 Å². The van der Waals surface area contributed by atoms with Crippen molar-refractivity contribution in [3.63, 3.8) is 0 Å². The lowest BCUT2D eigenvalue weighted by molar-refractivity contribution is 0.159. The Morgan fingerprint density at radius 3 is 2.33 bits per heavy atom. The monoisotopic (exact) mass is 256 g/mol. The highest BCUT2D eigenvalue weighted by Crippen LogP contribution is 2.44. The molecule has 0 aliphatic heterocycles. The highest BCUT2D eigenvalue weighted by Gasteiger charge is 2.16. The zero-order chi connectivity index (χ0) is 11.7. The lowest BCUT2D eigenvalue weighted by Gasteiger charge is -2.17. The molecule has 0 aromatic heterocycles. The number of aliphatic hydroxyl groups excluding tert-OH is 1. The summed E-state index contributed by atoms with van der Waals surface area (Å²) in [5.41, 5.74) is 0. The average Bonchev–Trinajstić information content (AvgIpc) is 2.08. The van der Waals surface area contributed by atoms with Crippen molar-refractivity contribution in [2.45, 2.75) is 45.6 Å². The van der Waals surface area contributed by atoms with E-state index in [1.165, 1.54) is 0 Å². The molecule has 6 heteroatoms. The molecule has 4 nitrogen and oxygen atoms in total. The molecular formula is C9H21O4PS. The fourth-order valence-electron chi connectivity index (χ4n) is 1.04. The molecule has 0 radical (unpaired) electrons. The van der Waals surface area contributed by atoms with Gasteiger partial charge in [0.2, 0.25) is 0 Å². The van der Waals surface area contributed by atoms with Crippen LogP contribution >= 0.6 is 6.72 Å². The first-order valence-corrected chi connectivity index (χ1v) is 7.83. The number of unbranched alkanes of at least 4 members (excludes halogenated alkanes) is 3. The number of hydrogen-bond donors (Lipinski definition) is 2. The molecule has 0 aromatic rings. The van der Waals surface area contributed by atoms with E-state index in [1.54, 1.807) is 0 Å². The van der Waals surface area contributed by atoms with Gasteiger partial charge in [0, 0.05) is 6.61 Å². The molecule has 0 spiro atoms. The van der Waals surface area contributed by atoms with Crippen molar-refractivity contribution in [3.8, 4) is 0 Å². The molecule has 0 aliphatic carbocycles. The van der Waals surface area contributed by atoms with Crippen molar-refractivity contribution in [3.05, 3.63) is 0 Å². The molecule has 15 heavy (non-hydrogen) atoms. The second-order valence-corrected chi connectivity index (χ2v) is 6.38. The Bertz CT molecular complexity index is 199. The molecule has 1 unspecified atom stereocenters. The Kier molecular flexibility index (Phi) is 8.90. The number of rotatable bonds is 9. The van der Waals surface area contributed by atoms with Crippen molar-refractivity contribution < 1.29 is 19.0 Å². The minimum Gasteiger partial charge on any atom is -0.396 e. The maximum atomic E-state index is 9.53. The number of aliphatic hydroxyl groups is 1. The van der Waals surface area contributed by atoms with Crippen LogP contribution in [-0.4, -0.2) is 29.3 Å². The molecule has 0 rings (SSSR count). The fraction of sp³-hybridized carbons (Fsp3) is 1.00. The van der Waals surface area contributed by atoms with Crippen LogP contribution in [0.1, 0.15) is 39.5 Å². The van der Waals surface area contributed by atoms with Gasteiger partial charge in [0.15, 0.2) is 0 Å². The minimum atomic E-state index is -3.02. The van der Waals surface area contributed by atoms with Crippen molar-refractivity contribution in [2.75, 3.05) is 13.2 Å². The summed E-state index contributed by atoms with van der Waals surface area (Å²) in [5, 5.41) is 8.55. The third-order valence-electron chi connectivity index (χ3n) is 1.65. The number of hydrogen-bond acceptors (Lipinski definition) is 4. The van der Waals surface area contributed by atoms with Crippen LogP contribution in [0.5, 0.6) is 0 Å². The van der Waals surface area contributed by atoms with Crippen LogP contribution in [0.4, 0.5) is 0 Å². The van der Waals surface area contributed by atoms with Crippen molar-refractivity contribution in [1.29, 1.82) is 0 Å². The Hall–Kier alpha value is 0.490. The van der Waals surface area contributed by atoms with Gasteiger partial charge in [-0.2, -0.15) is 0 Å². The van der Waals surface area contributed by atoms with Crippen LogP contribution in [0, 0.1) is 0 Å². The van der Waals surface area contributed by atoms with E-state index in [2.05, 4.69) is 0 Å². The molecule has 2 N–H and O–H groups in total. The maximum absolute atomic E-state index is 9.53. The Morgan fingerprint density at radius 2 is 1.80 bits per heavy atom. The first-order valence-electron chi connectivity index (χ1n) is 5.24. The summed E-state index contributed by atoms with van der Waals surface area (Å²) in [6.07, 6.45) is 3.47. The Labute approximate surface area is 96.9 Å². The van der Waals surface area contributed by atoms with Gasteiger partial charge in [0.25, 0.3) is 0 Å². The van der Waals surface area contributed by atoms with Gasteiger partial charge in [0.1, 0.15) is 0 Å². The third kappa shape index (κ3) is 10.8. The summed E-state index contributed by atoms with van der Waals surface area (Å²) < 4.78 is 10.2. The highest BCUT2D eigenvalue weighted by atomic mass is 32.5. The van der Waals surface area contributed by atoms with Crippen LogP contribution in [0.3, 0.4) is 0 Å². The largest absolute Gasteiger partial charge is 0.396 e. The van der Waals surface area contributed by atoms with Crippen LogP contribution < -0.4 is 0 Å². The summed E-state index contributed by atoms with van der Waals surface area (Å²) in [7, 11) is 0. The quantitative estimate of drug-likeness (QED) is 0.489. The first-order chi connectivity index (χ1) is 6.98. The normalized spacial score (nSPS) is 15.5. The second kappa shape index (κ2) is 8.62. The van der Waals surface area contributed by atoms with E-state index in [4.69, 9.17) is 26.0 Å². The molecule has 0 amide bonds. The van der Waals surface area contributed by atoms with Gasteiger partial charge in [0.05, 0.1) is 12.7 Å². The smallest absolute Gasteiger partial charge is 0.324 e. The van der Waals surface area contributed by atoms with Crippen LogP contribution in [0.15, 0.2) is 0 Å². The maximum Gasteiger partial charge on any atom is 0.324 e. The standard InChI is InChI=1S/C9H21O4PS/c1-9(2)13-14(11,15)12-8-6-4-3-5-7-10/h9-10H,3-8H2,1-2H3,(H,11,15). The minimum absolute atomic E-state index is 0.116. The third-order valence-corrected chi connectivity index (χ3v) is 3.42. The molecule has 1 atom stereocenters. The van der Waals surface area contributed by atoms with Gasteiger partial charge in [-0.25, -0.2) is 0 Å². The molecule has 0 heterocycles. The fourth-order valence-corrected chi connectivity index (χ4v) is 2.74. The van der Waals surface area contributed by atoms with Gasteiger partial charge >= 0.3 is 6.72 Å². The molecule has 0 saturated heterocycles. The van der Waals surface area contributed by atoms with Gasteiger partial charge in [-0.1, -0.05) is 12.8 Å². The molecule has 92 valence electrons. The molecule has 0 saturated carbocycles. The van der Waals surface area contributed by atoms with E-state index in [0.29, 0.717) is 6.61 Å². The van der Waals surface area contributed by atoms with Gasteiger partial charge in [-0.3, -0.25) is 0 Å². The summed E-state index contributed by atoms with van der Waals surface area (Å²) in [6, 6.07) is 0. The highest BCUT2D eigenvalue weighted by molar-refractivity contribution is 8.07. The molecule has 0 bridgehead atoms. The second-order valence-electron chi connectivity index (χ2n) is 3.59. The summed E-state index contributed by atoms with van der Waals surface area (Å²) in [4.78, 5) is 9.53. The summed E-state index contributed by atoms with van der Waals surface area (Å²) in [6.45, 7) is 1.25. The SMILES string of the molecule is CC(C)OP(O)(=S)OCCCCCCO. The van der Waals surface area contributed by atoms with Crippen molar-refractivity contribution in [2.24, 2.45) is 0 Å². The summed E-state index contributed by atoms with van der Waals surface area (Å²) in [5.74, 6) is 0. The van der Waals surface area contributed by atoms with E-state index in [1.807, 2.05) is 13.8 Å². The van der Waals surface area contributed by atoms with E-state index < -0.39 is 6.72 Å². The van der Waals surface area contributed by atoms with E-state index in [-0.39, 0.29) is 12.7 Å². The molecule has 0 aliphatic rings. The lowest BCUT2D eigenvalue weighted by atomic mass is 10.2. The van der Waals surface area contributed by atoms with Gasteiger partial charge in [-0.15, -0.1) is 0 Å². The predicted octanol–water partition coefficient (Wildman–Crippen LogP) is 2.20. The molecule has 0 aromatic carbocycles.